The number of pyridine rings is 1. The fourth-order valence-electron chi connectivity index (χ4n) is 3.54. The smallest absolute Gasteiger partial charge is 0.417 e. The van der Waals surface area contributed by atoms with Gasteiger partial charge in [0.25, 0.3) is 0 Å². The van der Waals surface area contributed by atoms with E-state index in [9.17, 15) is 18.0 Å². The molecule has 2 aliphatic heterocycles. The fourth-order valence-corrected chi connectivity index (χ4v) is 3.54. The van der Waals surface area contributed by atoms with E-state index >= 15 is 0 Å². The van der Waals surface area contributed by atoms with Crippen LogP contribution in [0.1, 0.15) is 38.2 Å². The fraction of sp³-hybridized carbons (Fsp3) is 0.600. The molecule has 3 atom stereocenters. The Morgan fingerprint density at radius 3 is 2.36 bits per heavy atom. The minimum Gasteiger partial charge on any atom is -0.462 e. The molecule has 1 aromatic rings. The molecule has 4 nitrogen and oxygen atoms in total. The quantitative estimate of drug-likeness (QED) is 0.787. The van der Waals surface area contributed by atoms with Crippen LogP contribution in [0.15, 0.2) is 18.3 Å². The molecule has 0 aromatic carbocycles. The molecule has 2 fully saturated rings. The lowest BCUT2D eigenvalue weighted by molar-refractivity contribution is -0.147. The molecule has 2 bridgehead atoms. The number of aromatic nitrogens is 1. The van der Waals surface area contributed by atoms with Gasteiger partial charge in [-0.15, -0.1) is 0 Å². The zero-order chi connectivity index (χ0) is 15.9. The van der Waals surface area contributed by atoms with Crippen LogP contribution < -0.4 is 4.90 Å². The van der Waals surface area contributed by atoms with Gasteiger partial charge in [0, 0.05) is 38.0 Å². The number of esters is 1. The standard InChI is InChI=1S/C15H17F3N2O2/c1-9(21)22-13-6-11-3-4-12(7-13)20(11)14-5-2-10(8-19-14)15(16,17)18/h2,5,8,11-13H,3-4,6-7H2,1H3/t11-,12?,13?/m1/s1. The summed E-state index contributed by atoms with van der Waals surface area (Å²) in [6, 6.07) is 2.85. The average molecular weight is 314 g/mol. The van der Waals surface area contributed by atoms with Gasteiger partial charge in [-0.2, -0.15) is 13.2 Å². The molecule has 3 heterocycles. The van der Waals surface area contributed by atoms with Gasteiger partial charge in [0.1, 0.15) is 11.9 Å². The molecular weight excluding hydrogens is 297 g/mol. The second-order valence-corrected chi connectivity index (χ2v) is 5.90. The number of hydrogen-bond donors (Lipinski definition) is 0. The first-order valence-electron chi connectivity index (χ1n) is 7.33. The largest absolute Gasteiger partial charge is 0.462 e. The molecule has 1 aromatic heterocycles. The lowest BCUT2D eigenvalue weighted by atomic mass is 9.99. The Balaban J connectivity index is 1.75. The summed E-state index contributed by atoms with van der Waals surface area (Å²) in [5, 5.41) is 0. The summed E-state index contributed by atoms with van der Waals surface area (Å²) in [7, 11) is 0. The molecule has 3 rings (SSSR count). The maximum atomic E-state index is 12.6. The maximum Gasteiger partial charge on any atom is 0.417 e. The van der Waals surface area contributed by atoms with E-state index in [0.717, 1.165) is 25.1 Å². The molecular formula is C15H17F3N2O2. The van der Waals surface area contributed by atoms with Crippen LogP contribution in [0.4, 0.5) is 19.0 Å². The van der Waals surface area contributed by atoms with Gasteiger partial charge < -0.3 is 9.64 Å². The highest BCUT2D eigenvalue weighted by molar-refractivity contribution is 5.66. The van der Waals surface area contributed by atoms with E-state index in [2.05, 4.69) is 9.88 Å². The topological polar surface area (TPSA) is 42.4 Å². The van der Waals surface area contributed by atoms with Crippen molar-refractivity contribution in [1.82, 2.24) is 4.98 Å². The first kappa shape index (κ1) is 15.1. The number of halogens is 3. The summed E-state index contributed by atoms with van der Waals surface area (Å²) in [6.07, 6.45) is -0.270. The molecule has 2 saturated heterocycles. The van der Waals surface area contributed by atoms with Crippen LogP contribution in [0.25, 0.3) is 0 Å². The Morgan fingerprint density at radius 2 is 1.91 bits per heavy atom. The third-order valence-electron chi connectivity index (χ3n) is 4.36. The van der Waals surface area contributed by atoms with Gasteiger partial charge in [-0.3, -0.25) is 4.79 Å². The zero-order valence-corrected chi connectivity index (χ0v) is 12.1. The lowest BCUT2D eigenvalue weighted by Crippen LogP contribution is -2.46. The first-order valence-corrected chi connectivity index (χ1v) is 7.33. The molecule has 2 aliphatic rings. The predicted molar refractivity (Wildman–Crippen MR) is 73.3 cm³/mol. The van der Waals surface area contributed by atoms with Crippen molar-refractivity contribution in [2.45, 2.75) is 57.0 Å². The number of ether oxygens (including phenoxy) is 1. The predicted octanol–water partition coefficient (Wildman–Crippen LogP) is 3.16. The van der Waals surface area contributed by atoms with Crippen molar-refractivity contribution in [1.29, 1.82) is 0 Å². The van der Waals surface area contributed by atoms with Crippen molar-refractivity contribution in [3.8, 4) is 0 Å². The van der Waals surface area contributed by atoms with Gasteiger partial charge >= 0.3 is 12.1 Å². The van der Waals surface area contributed by atoms with Gasteiger partial charge in [-0.05, 0) is 25.0 Å². The molecule has 7 heteroatoms. The van der Waals surface area contributed by atoms with Crippen LogP contribution >= 0.6 is 0 Å². The Kier molecular flexibility index (Phi) is 3.74. The number of anilines is 1. The monoisotopic (exact) mass is 314 g/mol. The average Bonchev–Trinajstić information content (AvgIpc) is 2.69. The van der Waals surface area contributed by atoms with Crippen molar-refractivity contribution in [2.24, 2.45) is 0 Å². The molecule has 0 aliphatic carbocycles. The maximum absolute atomic E-state index is 12.6. The number of piperidine rings is 1. The van der Waals surface area contributed by atoms with Crippen molar-refractivity contribution in [3.63, 3.8) is 0 Å². The van der Waals surface area contributed by atoms with E-state index in [1.807, 2.05) is 0 Å². The number of alkyl halides is 3. The summed E-state index contributed by atoms with van der Waals surface area (Å²) in [5.41, 5.74) is -0.738. The molecule has 22 heavy (non-hydrogen) atoms. The van der Waals surface area contributed by atoms with Crippen LogP contribution in [0.2, 0.25) is 0 Å². The van der Waals surface area contributed by atoms with Crippen molar-refractivity contribution in [2.75, 3.05) is 4.90 Å². The number of nitrogens with zero attached hydrogens (tertiary/aromatic N) is 2. The Bertz CT molecular complexity index is 545. The van der Waals surface area contributed by atoms with E-state index < -0.39 is 11.7 Å². The van der Waals surface area contributed by atoms with Gasteiger partial charge in [-0.1, -0.05) is 0 Å². The minimum atomic E-state index is -4.37. The van der Waals surface area contributed by atoms with E-state index in [0.29, 0.717) is 18.7 Å². The molecule has 0 radical (unpaired) electrons. The van der Waals surface area contributed by atoms with Crippen molar-refractivity contribution >= 4 is 11.8 Å². The third-order valence-corrected chi connectivity index (χ3v) is 4.36. The van der Waals surface area contributed by atoms with E-state index in [-0.39, 0.29) is 24.2 Å². The van der Waals surface area contributed by atoms with Gasteiger partial charge in [0.2, 0.25) is 0 Å². The Labute approximate surface area is 126 Å². The number of rotatable bonds is 2. The van der Waals surface area contributed by atoms with Crippen molar-refractivity contribution < 1.29 is 22.7 Å². The number of carbonyl (C=O) groups excluding carboxylic acids is 1. The van der Waals surface area contributed by atoms with Gasteiger partial charge in [-0.25, -0.2) is 4.98 Å². The number of carbonyl (C=O) groups is 1. The second kappa shape index (κ2) is 5.44. The van der Waals surface area contributed by atoms with Crippen LogP contribution in [0.5, 0.6) is 0 Å². The normalized spacial score (nSPS) is 27.8. The first-order chi connectivity index (χ1) is 10.3. The third kappa shape index (κ3) is 2.89. The highest BCUT2D eigenvalue weighted by Gasteiger charge is 2.42. The molecule has 0 saturated carbocycles. The van der Waals surface area contributed by atoms with E-state index in [4.69, 9.17) is 4.74 Å². The van der Waals surface area contributed by atoms with Crippen LogP contribution in [0.3, 0.4) is 0 Å². The number of hydrogen-bond acceptors (Lipinski definition) is 4. The summed E-state index contributed by atoms with van der Waals surface area (Å²) in [5.74, 6) is 0.285. The molecule has 0 amide bonds. The highest BCUT2D eigenvalue weighted by Crippen LogP contribution is 2.40. The summed E-state index contributed by atoms with van der Waals surface area (Å²) in [4.78, 5) is 17.2. The van der Waals surface area contributed by atoms with Crippen molar-refractivity contribution in [3.05, 3.63) is 23.9 Å². The Morgan fingerprint density at radius 1 is 1.27 bits per heavy atom. The summed E-state index contributed by atoms with van der Waals surface area (Å²) >= 11 is 0. The second-order valence-electron chi connectivity index (χ2n) is 5.90. The van der Waals surface area contributed by atoms with Gasteiger partial charge in [0.15, 0.2) is 0 Å². The number of fused-ring (bicyclic) bond motifs is 2. The zero-order valence-electron chi connectivity index (χ0n) is 12.1. The van der Waals surface area contributed by atoms with E-state index in [1.54, 1.807) is 0 Å². The summed E-state index contributed by atoms with van der Waals surface area (Å²) in [6.45, 7) is 1.39. The van der Waals surface area contributed by atoms with Crippen LogP contribution in [-0.4, -0.2) is 29.1 Å². The van der Waals surface area contributed by atoms with Gasteiger partial charge in [0.05, 0.1) is 5.56 Å². The van der Waals surface area contributed by atoms with Crippen LogP contribution in [0, 0.1) is 0 Å². The molecule has 2 unspecified atom stereocenters. The SMILES string of the molecule is CC(=O)OC1CC2CC[C@H](C1)N2c1ccc(C(F)(F)F)cn1. The van der Waals surface area contributed by atoms with Crippen LogP contribution in [-0.2, 0) is 15.7 Å². The molecule has 120 valence electrons. The lowest BCUT2D eigenvalue weighted by Gasteiger charge is -2.39. The minimum absolute atomic E-state index is 0.0966. The van der Waals surface area contributed by atoms with E-state index in [1.165, 1.54) is 13.0 Å². The Hall–Kier alpha value is -1.79. The molecule has 0 spiro atoms. The highest BCUT2D eigenvalue weighted by atomic mass is 19.4. The molecule has 0 N–H and O–H groups in total. The summed E-state index contributed by atoms with van der Waals surface area (Å²) < 4.78 is 43.1.